The van der Waals surface area contributed by atoms with Crippen LogP contribution in [0.25, 0.3) is 0 Å². The number of nitrogens with two attached hydrogens (primary N) is 1. The van der Waals surface area contributed by atoms with Crippen LogP contribution in [0.4, 0.5) is 0 Å². The second-order valence-corrected chi connectivity index (χ2v) is 3.25. The number of cyclic esters (lactones) is 1. The third-order valence-corrected chi connectivity index (χ3v) is 2.12. The van der Waals surface area contributed by atoms with E-state index in [1.165, 1.54) is 0 Å². The molecular weight excluding hydrogens is 130 g/mol. The van der Waals surface area contributed by atoms with E-state index in [1.54, 1.807) is 0 Å². The molecule has 1 atom stereocenters. The zero-order valence-corrected chi connectivity index (χ0v) is 6.39. The normalized spacial score (nSPS) is 31.5. The van der Waals surface area contributed by atoms with Gasteiger partial charge in [-0.25, -0.2) is 0 Å². The lowest BCUT2D eigenvalue weighted by atomic mass is 9.82. The number of ether oxygens (including phenoxy) is 1. The van der Waals surface area contributed by atoms with E-state index >= 15 is 0 Å². The highest BCUT2D eigenvalue weighted by Crippen LogP contribution is 2.26. The van der Waals surface area contributed by atoms with Crippen LogP contribution >= 0.6 is 0 Å². The van der Waals surface area contributed by atoms with E-state index in [-0.39, 0.29) is 12.0 Å². The average Bonchev–Trinajstić information content (AvgIpc) is 1.84. The number of esters is 1. The van der Waals surface area contributed by atoms with Crippen molar-refractivity contribution in [2.24, 2.45) is 11.1 Å². The van der Waals surface area contributed by atoms with Crippen molar-refractivity contribution < 1.29 is 9.53 Å². The van der Waals surface area contributed by atoms with E-state index < -0.39 is 5.41 Å². The highest BCUT2D eigenvalue weighted by Gasteiger charge is 2.39. The Morgan fingerprint density at radius 3 is 2.70 bits per heavy atom. The van der Waals surface area contributed by atoms with Gasteiger partial charge < -0.3 is 10.5 Å². The van der Waals surface area contributed by atoms with E-state index in [1.807, 2.05) is 13.8 Å². The van der Waals surface area contributed by atoms with Crippen molar-refractivity contribution in [3.8, 4) is 0 Å². The van der Waals surface area contributed by atoms with Gasteiger partial charge in [0.05, 0.1) is 12.0 Å². The van der Waals surface area contributed by atoms with E-state index in [9.17, 15) is 4.79 Å². The van der Waals surface area contributed by atoms with Crippen LogP contribution < -0.4 is 5.73 Å². The Kier molecular flexibility index (Phi) is 1.68. The van der Waals surface area contributed by atoms with Gasteiger partial charge in [0.25, 0.3) is 0 Å². The maximum Gasteiger partial charge on any atom is 0.313 e. The Hall–Kier alpha value is -0.570. The predicted octanol–water partition coefficient (Wildman–Crippen LogP) is 0.287. The molecule has 0 radical (unpaired) electrons. The lowest BCUT2D eigenvalue weighted by molar-refractivity contribution is -0.160. The highest BCUT2D eigenvalue weighted by atomic mass is 16.5. The van der Waals surface area contributed by atoms with Crippen LogP contribution in [0.5, 0.6) is 0 Å². The summed E-state index contributed by atoms with van der Waals surface area (Å²) in [4.78, 5) is 11.0. The highest BCUT2D eigenvalue weighted by molar-refractivity contribution is 5.77. The third kappa shape index (κ3) is 1.01. The Morgan fingerprint density at radius 1 is 1.70 bits per heavy atom. The molecule has 0 bridgehead atoms. The molecule has 0 aliphatic carbocycles. The van der Waals surface area contributed by atoms with Gasteiger partial charge in [0.15, 0.2) is 0 Å². The fourth-order valence-electron chi connectivity index (χ4n) is 0.977. The van der Waals surface area contributed by atoms with Crippen LogP contribution in [0.15, 0.2) is 0 Å². The molecule has 0 spiro atoms. The van der Waals surface area contributed by atoms with Crippen LogP contribution in [0, 0.1) is 5.41 Å². The van der Waals surface area contributed by atoms with Gasteiger partial charge in [-0.05, 0) is 20.3 Å². The number of carbonyl (C=O) groups excluding carboxylic acids is 1. The molecule has 3 nitrogen and oxygen atoms in total. The summed E-state index contributed by atoms with van der Waals surface area (Å²) in [6.45, 7) is 4.11. The molecule has 1 aliphatic heterocycles. The molecule has 0 aromatic rings. The minimum absolute atomic E-state index is 0.0475. The van der Waals surface area contributed by atoms with Crippen molar-refractivity contribution in [3.05, 3.63) is 0 Å². The van der Waals surface area contributed by atoms with Crippen molar-refractivity contribution >= 4 is 5.97 Å². The molecular formula is C7H13NO2. The molecule has 1 rings (SSSR count). The molecule has 3 heteroatoms. The number of carbonyl (C=O) groups is 1. The second kappa shape index (κ2) is 2.23. The molecule has 1 fully saturated rings. The Morgan fingerprint density at radius 2 is 2.30 bits per heavy atom. The molecule has 1 heterocycles. The Bertz CT molecular complexity index is 154. The minimum atomic E-state index is -0.488. The average molecular weight is 143 g/mol. The van der Waals surface area contributed by atoms with Gasteiger partial charge in [0.2, 0.25) is 0 Å². The molecule has 0 saturated carbocycles. The fourth-order valence-corrected chi connectivity index (χ4v) is 0.977. The molecule has 10 heavy (non-hydrogen) atoms. The summed E-state index contributed by atoms with van der Waals surface area (Å²) in [5.41, 5.74) is 5.21. The largest absolute Gasteiger partial charge is 0.465 e. The van der Waals surface area contributed by atoms with Gasteiger partial charge in [-0.1, -0.05) is 0 Å². The SMILES string of the molecule is CC1(C)C(=O)OCCC1N. The van der Waals surface area contributed by atoms with Crippen molar-refractivity contribution in [1.29, 1.82) is 0 Å². The molecule has 0 aromatic carbocycles. The van der Waals surface area contributed by atoms with Crippen LogP contribution in [0.2, 0.25) is 0 Å². The van der Waals surface area contributed by atoms with E-state index in [0.717, 1.165) is 6.42 Å². The van der Waals surface area contributed by atoms with E-state index in [0.29, 0.717) is 6.61 Å². The molecule has 2 N–H and O–H groups in total. The molecule has 1 unspecified atom stereocenters. The molecule has 0 aromatic heterocycles. The lowest BCUT2D eigenvalue weighted by Crippen LogP contribution is -2.48. The monoisotopic (exact) mass is 143 g/mol. The Labute approximate surface area is 60.5 Å². The van der Waals surface area contributed by atoms with Crippen molar-refractivity contribution in [1.82, 2.24) is 0 Å². The van der Waals surface area contributed by atoms with Gasteiger partial charge in [-0.3, -0.25) is 4.79 Å². The second-order valence-electron chi connectivity index (χ2n) is 3.25. The molecule has 1 saturated heterocycles. The summed E-state index contributed by atoms with van der Waals surface area (Å²) >= 11 is 0. The van der Waals surface area contributed by atoms with Crippen molar-refractivity contribution in [2.75, 3.05) is 6.61 Å². The van der Waals surface area contributed by atoms with Crippen LogP contribution in [-0.4, -0.2) is 18.6 Å². The zero-order chi connectivity index (χ0) is 7.78. The van der Waals surface area contributed by atoms with Gasteiger partial charge in [0.1, 0.15) is 0 Å². The minimum Gasteiger partial charge on any atom is -0.465 e. The molecule has 58 valence electrons. The number of rotatable bonds is 0. The van der Waals surface area contributed by atoms with E-state index in [2.05, 4.69) is 0 Å². The predicted molar refractivity (Wildman–Crippen MR) is 37.3 cm³/mol. The lowest BCUT2D eigenvalue weighted by Gasteiger charge is -2.33. The summed E-state index contributed by atoms with van der Waals surface area (Å²) in [5.74, 6) is -0.175. The van der Waals surface area contributed by atoms with Crippen LogP contribution in [0.1, 0.15) is 20.3 Å². The molecule has 0 amide bonds. The van der Waals surface area contributed by atoms with Gasteiger partial charge in [-0.2, -0.15) is 0 Å². The smallest absolute Gasteiger partial charge is 0.313 e. The van der Waals surface area contributed by atoms with Crippen molar-refractivity contribution in [2.45, 2.75) is 26.3 Å². The maximum absolute atomic E-state index is 11.0. The van der Waals surface area contributed by atoms with Gasteiger partial charge >= 0.3 is 5.97 Å². The van der Waals surface area contributed by atoms with Crippen LogP contribution in [0.3, 0.4) is 0 Å². The first-order valence-electron chi connectivity index (χ1n) is 3.48. The number of hydrogen-bond donors (Lipinski definition) is 1. The van der Waals surface area contributed by atoms with Crippen LogP contribution in [-0.2, 0) is 9.53 Å². The van der Waals surface area contributed by atoms with Crippen molar-refractivity contribution in [3.63, 3.8) is 0 Å². The van der Waals surface area contributed by atoms with E-state index in [4.69, 9.17) is 10.5 Å². The summed E-state index contributed by atoms with van der Waals surface area (Å²) in [6.07, 6.45) is 0.777. The summed E-state index contributed by atoms with van der Waals surface area (Å²) < 4.78 is 4.84. The quantitative estimate of drug-likeness (QED) is 0.496. The first kappa shape index (κ1) is 7.54. The zero-order valence-electron chi connectivity index (χ0n) is 6.39. The number of hydrogen-bond acceptors (Lipinski definition) is 3. The summed E-state index contributed by atoms with van der Waals surface area (Å²) in [5, 5.41) is 0. The van der Waals surface area contributed by atoms with Gasteiger partial charge in [0, 0.05) is 6.04 Å². The first-order valence-corrected chi connectivity index (χ1v) is 3.48. The summed E-state index contributed by atoms with van der Waals surface area (Å²) in [6, 6.07) is -0.0475. The standard InChI is InChI=1S/C7H13NO2/c1-7(2)5(8)3-4-10-6(7)9/h5H,3-4,8H2,1-2H3. The topological polar surface area (TPSA) is 52.3 Å². The molecule has 1 aliphatic rings. The maximum atomic E-state index is 11.0. The fraction of sp³-hybridized carbons (Fsp3) is 0.857. The Balaban J connectivity index is 2.73. The third-order valence-electron chi connectivity index (χ3n) is 2.12. The van der Waals surface area contributed by atoms with Gasteiger partial charge in [-0.15, -0.1) is 0 Å². The first-order chi connectivity index (χ1) is 4.55. The summed E-state index contributed by atoms with van der Waals surface area (Å²) in [7, 11) is 0.